The SMILES string of the molecule is CCOc1cc(NC(=O)CC(N)c2ccccc2)ccc1OC. The van der Waals surface area contributed by atoms with Crippen molar-refractivity contribution < 1.29 is 14.3 Å². The summed E-state index contributed by atoms with van der Waals surface area (Å²) in [5, 5.41) is 2.84. The average Bonchev–Trinajstić information content (AvgIpc) is 2.56. The van der Waals surface area contributed by atoms with Gasteiger partial charge in [-0.1, -0.05) is 30.3 Å². The first kappa shape index (κ1) is 16.8. The molecule has 1 unspecified atom stereocenters. The highest BCUT2D eigenvalue weighted by atomic mass is 16.5. The highest BCUT2D eigenvalue weighted by Crippen LogP contribution is 2.30. The van der Waals surface area contributed by atoms with Crippen molar-refractivity contribution in [1.29, 1.82) is 0 Å². The quantitative estimate of drug-likeness (QED) is 0.823. The summed E-state index contributed by atoms with van der Waals surface area (Å²) in [4.78, 5) is 12.2. The van der Waals surface area contributed by atoms with Gasteiger partial charge in [-0.3, -0.25) is 4.79 Å². The molecule has 23 heavy (non-hydrogen) atoms. The monoisotopic (exact) mass is 314 g/mol. The van der Waals surface area contributed by atoms with E-state index in [1.54, 1.807) is 25.3 Å². The zero-order chi connectivity index (χ0) is 16.7. The Kier molecular flexibility index (Phi) is 6.00. The van der Waals surface area contributed by atoms with Crippen LogP contribution in [-0.4, -0.2) is 19.6 Å². The molecular formula is C18H22N2O3. The van der Waals surface area contributed by atoms with Crippen molar-refractivity contribution in [3.63, 3.8) is 0 Å². The summed E-state index contributed by atoms with van der Waals surface area (Å²) in [6, 6.07) is 14.5. The molecule has 0 aromatic heterocycles. The van der Waals surface area contributed by atoms with E-state index >= 15 is 0 Å². The fourth-order valence-electron chi connectivity index (χ4n) is 2.25. The fraction of sp³-hybridized carbons (Fsp3) is 0.278. The van der Waals surface area contributed by atoms with Crippen molar-refractivity contribution in [2.75, 3.05) is 19.0 Å². The Morgan fingerprint density at radius 2 is 1.91 bits per heavy atom. The van der Waals surface area contributed by atoms with Gasteiger partial charge in [0.05, 0.1) is 13.7 Å². The number of nitrogens with one attached hydrogen (secondary N) is 1. The molecule has 122 valence electrons. The van der Waals surface area contributed by atoms with Crippen LogP contribution in [0.4, 0.5) is 5.69 Å². The molecule has 0 heterocycles. The lowest BCUT2D eigenvalue weighted by Crippen LogP contribution is -2.20. The van der Waals surface area contributed by atoms with E-state index in [4.69, 9.17) is 15.2 Å². The number of amides is 1. The van der Waals surface area contributed by atoms with Crippen LogP contribution in [0.25, 0.3) is 0 Å². The van der Waals surface area contributed by atoms with Crippen LogP contribution in [0.1, 0.15) is 24.9 Å². The summed E-state index contributed by atoms with van der Waals surface area (Å²) in [7, 11) is 1.58. The van der Waals surface area contributed by atoms with E-state index < -0.39 is 0 Å². The van der Waals surface area contributed by atoms with E-state index in [0.29, 0.717) is 23.8 Å². The van der Waals surface area contributed by atoms with Crippen molar-refractivity contribution in [1.82, 2.24) is 0 Å². The van der Waals surface area contributed by atoms with Gasteiger partial charge in [0, 0.05) is 24.2 Å². The summed E-state index contributed by atoms with van der Waals surface area (Å²) in [6.07, 6.45) is 0.208. The van der Waals surface area contributed by atoms with Crippen molar-refractivity contribution in [2.24, 2.45) is 5.73 Å². The van der Waals surface area contributed by atoms with Gasteiger partial charge in [-0.05, 0) is 24.6 Å². The molecule has 0 aliphatic heterocycles. The highest BCUT2D eigenvalue weighted by Gasteiger charge is 2.13. The molecule has 3 N–H and O–H groups in total. The third-order valence-electron chi connectivity index (χ3n) is 3.38. The third kappa shape index (κ3) is 4.72. The zero-order valence-corrected chi connectivity index (χ0v) is 13.4. The van der Waals surface area contributed by atoms with Gasteiger partial charge in [0.25, 0.3) is 0 Å². The largest absolute Gasteiger partial charge is 0.493 e. The van der Waals surface area contributed by atoms with Gasteiger partial charge in [-0.2, -0.15) is 0 Å². The van der Waals surface area contributed by atoms with E-state index in [9.17, 15) is 4.79 Å². The lowest BCUT2D eigenvalue weighted by molar-refractivity contribution is -0.116. The molecule has 2 rings (SSSR count). The number of rotatable bonds is 7. The second kappa shape index (κ2) is 8.19. The van der Waals surface area contributed by atoms with Crippen LogP contribution in [0.2, 0.25) is 0 Å². The van der Waals surface area contributed by atoms with Gasteiger partial charge in [0.15, 0.2) is 11.5 Å². The highest BCUT2D eigenvalue weighted by molar-refractivity contribution is 5.91. The molecule has 1 amide bonds. The minimum absolute atomic E-state index is 0.144. The molecule has 0 spiro atoms. The molecule has 0 bridgehead atoms. The maximum Gasteiger partial charge on any atom is 0.226 e. The van der Waals surface area contributed by atoms with E-state index in [-0.39, 0.29) is 18.4 Å². The van der Waals surface area contributed by atoms with Crippen molar-refractivity contribution in [3.8, 4) is 11.5 Å². The zero-order valence-electron chi connectivity index (χ0n) is 13.4. The predicted octanol–water partition coefficient (Wildman–Crippen LogP) is 3.12. The summed E-state index contributed by atoms with van der Waals surface area (Å²) in [5.74, 6) is 1.08. The Bertz CT molecular complexity index is 644. The maximum atomic E-state index is 12.2. The van der Waals surface area contributed by atoms with Crippen LogP contribution in [0.5, 0.6) is 11.5 Å². The van der Waals surface area contributed by atoms with Crippen LogP contribution in [0.3, 0.4) is 0 Å². The van der Waals surface area contributed by atoms with Crippen molar-refractivity contribution in [2.45, 2.75) is 19.4 Å². The molecule has 1 atom stereocenters. The molecule has 0 aliphatic rings. The number of hydrogen-bond acceptors (Lipinski definition) is 4. The second-order valence-electron chi connectivity index (χ2n) is 5.07. The minimum atomic E-state index is -0.333. The van der Waals surface area contributed by atoms with E-state index in [1.165, 1.54) is 0 Å². The van der Waals surface area contributed by atoms with Gasteiger partial charge in [0.2, 0.25) is 5.91 Å². The van der Waals surface area contributed by atoms with Crippen LogP contribution >= 0.6 is 0 Å². The number of hydrogen-bond donors (Lipinski definition) is 2. The smallest absolute Gasteiger partial charge is 0.226 e. The lowest BCUT2D eigenvalue weighted by atomic mass is 10.0. The fourth-order valence-corrected chi connectivity index (χ4v) is 2.25. The number of anilines is 1. The molecular weight excluding hydrogens is 292 g/mol. The number of nitrogens with two attached hydrogens (primary N) is 1. The van der Waals surface area contributed by atoms with Gasteiger partial charge in [-0.25, -0.2) is 0 Å². The molecule has 0 saturated heterocycles. The lowest BCUT2D eigenvalue weighted by Gasteiger charge is -2.14. The number of carbonyl (C=O) groups excluding carboxylic acids is 1. The molecule has 5 nitrogen and oxygen atoms in total. The number of ether oxygens (including phenoxy) is 2. The predicted molar refractivity (Wildman–Crippen MR) is 90.8 cm³/mol. The molecule has 0 fully saturated rings. The summed E-state index contributed by atoms with van der Waals surface area (Å²) in [5.41, 5.74) is 7.66. The van der Waals surface area contributed by atoms with Crippen LogP contribution in [-0.2, 0) is 4.79 Å². The Balaban J connectivity index is 2.01. The Labute approximate surface area is 136 Å². The molecule has 0 aliphatic carbocycles. The van der Waals surface area contributed by atoms with Crippen molar-refractivity contribution in [3.05, 3.63) is 54.1 Å². The first-order chi connectivity index (χ1) is 11.1. The Morgan fingerprint density at radius 3 is 2.57 bits per heavy atom. The molecule has 0 radical (unpaired) electrons. The number of benzene rings is 2. The first-order valence-electron chi connectivity index (χ1n) is 7.55. The van der Waals surface area contributed by atoms with E-state index in [0.717, 1.165) is 5.56 Å². The van der Waals surface area contributed by atoms with Gasteiger partial charge < -0.3 is 20.5 Å². The van der Waals surface area contributed by atoms with Gasteiger partial charge >= 0.3 is 0 Å². The van der Waals surface area contributed by atoms with Gasteiger partial charge in [0.1, 0.15) is 0 Å². The van der Waals surface area contributed by atoms with Gasteiger partial charge in [-0.15, -0.1) is 0 Å². The second-order valence-corrected chi connectivity index (χ2v) is 5.07. The van der Waals surface area contributed by atoms with Crippen LogP contribution in [0.15, 0.2) is 48.5 Å². The average molecular weight is 314 g/mol. The normalized spacial score (nSPS) is 11.6. The van der Waals surface area contributed by atoms with Crippen LogP contribution < -0.4 is 20.5 Å². The Morgan fingerprint density at radius 1 is 1.17 bits per heavy atom. The van der Waals surface area contributed by atoms with Crippen LogP contribution in [0, 0.1) is 0 Å². The third-order valence-corrected chi connectivity index (χ3v) is 3.38. The Hall–Kier alpha value is -2.53. The summed E-state index contributed by atoms with van der Waals surface area (Å²) < 4.78 is 10.7. The molecule has 2 aromatic carbocycles. The van der Waals surface area contributed by atoms with E-state index in [2.05, 4.69) is 5.32 Å². The maximum absolute atomic E-state index is 12.2. The topological polar surface area (TPSA) is 73.6 Å². The standard InChI is InChI=1S/C18H22N2O3/c1-3-23-17-11-14(9-10-16(17)22-2)20-18(21)12-15(19)13-7-5-4-6-8-13/h4-11,15H,3,12,19H2,1-2H3,(H,20,21). The molecule has 0 saturated carbocycles. The number of methoxy groups -OCH3 is 1. The van der Waals surface area contributed by atoms with E-state index in [1.807, 2.05) is 37.3 Å². The summed E-state index contributed by atoms with van der Waals surface area (Å²) >= 11 is 0. The van der Waals surface area contributed by atoms with Crippen molar-refractivity contribution >= 4 is 11.6 Å². The first-order valence-corrected chi connectivity index (χ1v) is 7.55. The summed E-state index contributed by atoms with van der Waals surface area (Å²) in [6.45, 7) is 2.41. The minimum Gasteiger partial charge on any atom is -0.493 e. The number of carbonyl (C=O) groups is 1. The molecule has 5 heteroatoms. The molecule has 2 aromatic rings.